The summed E-state index contributed by atoms with van der Waals surface area (Å²) in [7, 11) is 0. The molecular weight excluding hydrogens is 328 g/mol. The summed E-state index contributed by atoms with van der Waals surface area (Å²) in [5.41, 5.74) is 4.03. The van der Waals surface area contributed by atoms with E-state index in [1.54, 1.807) is 17.7 Å². The van der Waals surface area contributed by atoms with Crippen LogP contribution >= 0.6 is 11.3 Å². The Morgan fingerprint density at radius 1 is 1.08 bits per heavy atom. The average molecular weight is 350 g/mol. The predicted molar refractivity (Wildman–Crippen MR) is 105 cm³/mol. The molecule has 1 aromatic carbocycles. The van der Waals surface area contributed by atoms with E-state index in [2.05, 4.69) is 62.4 Å². The van der Waals surface area contributed by atoms with E-state index in [4.69, 9.17) is 0 Å². The van der Waals surface area contributed by atoms with Gasteiger partial charge in [-0.25, -0.2) is 9.97 Å². The number of piperidine rings is 1. The molecule has 1 saturated heterocycles. The highest BCUT2D eigenvalue weighted by atomic mass is 32.1. The molecule has 4 nitrogen and oxygen atoms in total. The third-order valence-corrected chi connectivity index (χ3v) is 6.54. The first-order chi connectivity index (χ1) is 12.3. The maximum Gasteiger partial charge on any atom is 0.150 e. The van der Waals surface area contributed by atoms with Crippen LogP contribution in [0.25, 0.3) is 10.2 Å². The molecule has 5 rings (SSSR count). The van der Waals surface area contributed by atoms with E-state index in [1.165, 1.54) is 35.2 Å². The van der Waals surface area contributed by atoms with Crippen LogP contribution in [0.4, 0.5) is 11.5 Å². The zero-order valence-electron chi connectivity index (χ0n) is 14.4. The normalized spacial score (nSPS) is 21.1. The lowest BCUT2D eigenvalue weighted by atomic mass is 10.0. The van der Waals surface area contributed by atoms with E-state index in [9.17, 15) is 0 Å². The minimum Gasteiger partial charge on any atom is -0.365 e. The van der Waals surface area contributed by atoms with Crippen molar-refractivity contribution in [2.75, 3.05) is 22.9 Å². The lowest BCUT2D eigenvalue weighted by molar-refractivity contribution is 0.443. The molecule has 1 atom stereocenters. The molecule has 0 saturated carbocycles. The van der Waals surface area contributed by atoms with Gasteiger partial charge in [0.1, 0.15) is 12.1 Å². The fourth-order valence-electron chi connectivity index (χ4n) is 4.50. The van der Waals surface area contributed by atoms with Crippen LogP contribution in [-0.4, -0.2) is 35.1 Å². The van der Waals surface area contributed by atoms with Gasteiger partial charge in [0.15, 0.2) is 0 Å². The molecule has 128 valence electrons. The van der Waals surface area contributed by atoms with Gasteiger partial charge in [0, 0.05) is 30.9 Å². The van der Waals surface area contributed by atoms with E-state index in [0.717, 1.165) is 24.4 Å². The van der Waals surface area contributed by atoms with E-state index in [1.807, 2.05) is 0 Å². The van der Waals surface area contributed by atoms with Crippen LogP contribution in [0.5, 0.6) is 0 Å². The first-order valence-electron chi connectivity index (χ1n) is 9.10. The monoisotopic (exact) mass is 350 g/mol. The Labute approximate surface area is 152 Å². The lowest BCUT2D eigenvalue weighted by Gasteiger charge is -2.40. The first-order valence-corrected chi connectivity index (χ1v) is 9.98. The minimum atomic E-state index is 0.608. The van der Waals surface area contributed by atoms with Crippen molar-refractivity contribution in [3.63, 3.8) is 0 Å². The van der Waals surface area contributed by atoms with E-state index in [0.29, 0.717) is 12.1 Å². The second kappa shape index (κ2) is 5.99. The van der Waals surface area contributed by atoms with Crippen molar-refractivity contribution in [1.82, 2.24) is 9.97 Å². The molecular formula is C20H22N4S. The molecule has 2 aliphatic heterocycles. The standard InChI is InChI=1S/C20H22N4S/c1-14-12-15-4-2-3-5-18(15)24(14)16-6-9-23(10-7-16)20-19-17(8-11-25-19)21-13-22-20/h2-5,8,11,13-14,16H,6-7,9-10,12H2,1H3/t14-/m0/s1. The summed E-state index contributed by atoms with van der Waals surface area (Å²) in [6.45, 7) is 4.51. The Bertz CT molecular complexity index is 897. The molecule has 0 aliphatic carbocycles. The van der Waals surface area contributed by atoms with Crippen molar-refractivity contribution in [2.45, 2.75) is 38.3 Å². The molecule has 0 bridgehead atoms. The smallest absolute Gasteiger partial charge is 0.150 e. The van der Waals surface area contributed by atoms with Crippen LogP contribution in [0.1, 0.15) is 25.3 Å². The van der Waals surface area contributed by atoms with E-state index in [-0.39, 0.29) is 0 Å². The first kappa shape index (κ1) is 15.1. The molecule has 1 fully saturated rings. The molecule has 0 unspecified atom stereocenters. The number of benzene rings is 1. The largest absolute Gasteiger partial charge is 0.365 e. The Balaban J connectivity index is 1.36. The number of para-hydroxylation sites is 1. The quantitative estimate of drug-likeness (QED) is 0.696. The van der Waals surface area contributed by atoms with Gasteiger partial charge in [0.05, 0.1) is 10.2 Å². The van der Waals surface area contributed by atoms with Gasteiger partial charge >= 0.3 is 0 Å². The van der Waals surface area contributed by atoms with Gasteiger partial charge in [0.2, 0.25) is 0 Å². The summed E-state index contributed by atoms with van der Waals surface area (Å²) in [4.78, 5) is 14.1. The molecule has 0 N–H and O–H groups in total. The van der Waals surface area contributed by atoms with Crippen LogP contribution in [0.2, 0.25) is 0 Å². The maximum atomic E-state index is 4.59. The molecule has 0 spiro atoms. The molecule has 2 aromatic heterocycles. The van der Waals surface area contributed by atoms with Crippen molar-refractivity contribution >= 4 is 33.1 Å². The molecule has 0 radical (unpaired) electrons. The number of hydrogen-bond donors (Lipinski definition) is 0. The molecule has 4 heterocycles. The third kappa shape index (κ3) is 2.49. The summed E-state index contributed by atoms with van der Waals surface area (Å²) in [6.07, 6.45) is 5.26. The molecule has 25 heavy (non-hydrogen) atoms. The predicted octanol–water partition coefficient (Wildman–Crippen LogP) is 4.11. The Morgan fingerprint density at radius 3 is 2.80 bits per heavy atom. The number of rotatable bonds is 2. The van der Waals surface area contributed by atoms with Gasteiger partial charge < -0.3 is 9.80 Å². The topological polar surface area (TPSA) is 32.3 Å². The fourth-order valence-corrected chi connectivity index (χ4v) is 5.36. The van der Waals surface area contributed by atoms with Gasteiger partial charge in [-0.1, -0.05) is 18.2 Å². The number of thiophene rings is 1. The summed E-state index contributed by atoms with van der Waals surface area (Å²) < 4.78 is 1.22. The van der Waals surface area contributed by atoms with Crippen molar-refractivity contribution in [3.8, 4) is 0 Å². The Hall–Kier alpha value is -2.14. The van der Waals surface area contributed by atoms with Crippen molar-refractivity contribution in [3.05, 3.63) is 47.6 Å². The van der Waals surface area contributed by atoms with Crippen LogP contribution in [0.15, 0.2) is 42.0 Å². The van der Waals surface area contributed by atoms with Gasteiger partial charge in [-0.3, -0.25) is 0 Å². The highest BCUT2D eigenvalue weighted by molar-refractivity contribution is 7.17. The summed E-state index contributed by atoms with van der Waals surface area (Å²) >= 11 is 1.75. The van der Waals surface area contributed by atoms with Gasteiger partial charge in [0.25, 0.3) is 0 Å². The molecule has 2 aliphatic rings. The Morgan fingerprint density at radius 2 is 1.92 bits per heavy atom. The number of hydrogen-bond acceptors (Lipinski definition) is 5. The average Bonchev–Trinajstić information content (AvgIpc) is 3.25. The second-order valence-corrected chi connectivity index (χ2v) is 8.06. The number of nitrogens with zero attached hydrogens (tertiary/aromatic N) is 4. The highest BCUT2D eigenvalue weighted by Crippen LogP contribution is 2.37. The van der Waals surface area contributed by atoms with E-state index >= 15 is 0 Å². The number of aromatic nitrogens is 2. The van der Waals surface area contributed by atoms with Crippen LogP contribution in [0.3, 0.4) is 0 Å². The lowest BCUT2D eigenvalue weighted by Crippen LogP contribution is -2.47. The number of anilines is 2. The van der Waals surface area contributed by atoms with Crippen molar-refractivity contribution in [2.24, 2.45) is 0 Å². The summed E-state index contributed by atoms with van der Waals surface area (Å²) in [5, 5.41) is 2.11. The van der Waals surface area contributed by atoms with Crippen LogP contribution in [0, 0.1) is 0 Å². The SMILES string of the molecule is C[C@H]1Cc2ccccc2N1C1CCN(c2ncnc3ccsc23)CC1. The third-order valence-electron chi connectivity index (χ3n) is 5.64. The highest BCUT2D eigenvalue weighted by Gasteiger charge is 2.33. The summed E-state index contributed by atoms with van der Waals surface area (Å²) in [6, 6.07) is 12.3. The van der Waals surface area contributed by atoms with Gasteiger partial charge in [-0.15, -0.1) is 11.3 Å². The minimum absolute atomic E-state index is 0.608. The zero-order valence-corrected chi connectivity index (χ0v) is 15.2. The molecule has 5 heteroatoms. The van der Waals surface area contributed by atoms with Crippen LogP contribution in [-0.2, 0) is 6.42 Å². The van der Waals surface area contributed by atoms with Gasteiger partial charge in [-0.05, 0) is 49.3 Å². The fraction of sp³-hybridized carbons (Fsp3) is 0.400. The maximum absolute atomic E-state index is 4.59. The van der Waals surface area contributed by atoms with E-state index < -0.39 is 0 Å². The Kier molecular flexibility index (Phi) is 3.63. The van der Waals surface area contributed by atoms with Crippen molar-refractivity contribution in [1.29, 1.82) is 0 Å². The number of fused-ring (bicyclic) bond motifs is 2. The zero-order chi connectivity index (χ0) is 16.8. The molecule has 0 amide bonds. The van der Waals surface area contributed by atoms with Gasteiger partial charge in [-0.2, -0.15) is 0 Å². The molecule has 3 aromatic rings. The second-order valence-electron chi connectivity index (χ2n) is 7.14. The van der Waals surface area contributed by atoms with Crippen LogP contribution < -0.4 is 9.80 Å². The summed E-state index contributed by atoms with van der Waals surface area (Å²) in [5.74, 6) is 1.12. The van der Waals surface area contributed by atoms with Crippen molar-refractivity contribution < 1.29 is 0 Å².